The number of rotatable bonds is 7. The van der Waals surface area contributed by atoms with Gasteiger partial charge in [-0.2, -0.15) is 0 Å². The fourth-order valence-electron chi connectivity index (χ4n) is 3.76. The first kappa shape index (κ1) is 24.0. The Hall–Kier alpha value is -0.990. The minimum atomic E-state index is -2.02. The Morgan fingerprint density at radius 2 is 0.926 bits per heavy atom. The molecule has 0 radical (unpaired) electrons. The van der Waals surface area contributed by atoms with Crippen LogP contribution < -0.4 is 15.9 Å². The Bertz CT molecular complexity index is 667. The molecule has 1 nitrogen and oxygen atoms in total. The van der Waals surface area contributed by atoms with Crippen LogP contribution in [0.25, 0.3) is 0 Å². The molecule has 0 atom stereocenters. The first-order valence-corrected chi connectivity index (χ1v) is 11.3. The van der Waals surface area contributed by atoms with E-state index in [2.05, 4.69) is 110 Å². The van der Waals surface area contributed by atoms with Crippen LogP contribution >= 0.6 is 41.2 Å². The zero-order valence-corrected chi connectivity index (χ0v) is 20.5. The van der Waals surface area contributed by atoms with Crippen LogP contribution in [0.3, 0.4) is 0 Å². The quantitative estimate of drug-likeness (QED) is 0.412. The first-order chi connectivity index (χ1) is 12.2. The summed E-state index contributed by atoms with van der Waals surface area (Å²) in [7, 11) is 2.31. The van der Waals surface area contributed by atoms with Crippen LogP contribution in [0.15, 0.2) is 91.0 Å². The molecule has 0 bridgehead atoms. The van der Waals surface area contributed by atoms with E-state index in [0.29, 0.717) is 0 Å². The van der Waals surface area contributed by atoms with E-state index < -0.39 is 7.26 Å². The molecule has 3 aromatic rings. The van der Waals surface area contributed by atoms with Gasteiger partial charge in [0.2, 0.25) is 0 Å². The molecule has 0 amide bonds. The molecule has 0 heterocycles. The van der Waals surface area contributed by atoms with Gasteiger partial charge in [-0.1, -0.05) is 0 Å². The summed E-state index contributed by atoms with van der Waals surface area (Å²) < 4.78 is 0. The van der Waals surface area contributed by atoms with Gasteiger partial charge in [0.05, 0.1) is 0 Å². The molecule has 0 N–H and O–H groups in total. The average molecular weight is 511 g/mol. The maximum atomic E-state index is 2.34. The van der Waals surface area contributed by atoms with Crippen molar-refractivity contribution in [1.82, 2.24) is 4.90 Å². The molecule has 4 heteroatoms. The van der Waals surface area contributed by atoms with Crippen LogP contribution in [-0.4, -0.2) is 31.7 Å². The second-order valence-electron chi connectivity index (χ2n) is 6.91. The Balaban J connectivity index is 0.00000182. The predicted molar refractivity (Wildman–Crippen MR) is 135 cm³/mol. The number of hydrogen-bond acceptors (Lipinski definition) is 1. The third kappa shape index (κ3) is 5.74. The third-order valence-corrected chi connectivity index (χ3v) is 10.0. The van der Waals surface area contributed by atoms with E-state index in [-0.39, 0.29) is 34.0 Å². The van der Waals surface area contributed by atoms with Crippen molar-refractivity contribution >= 4 is 57.1 Å². The maximum absolute atomic E-state index is 2.34. The number of halogens is 2. The van der Waals surface area contributed by atoms with Crippen LogP contribution in [0.4, 0.5) is 0 Å². The van der Waals surface area contributed by atoms with Crippen LogP contribution in [-0.2, 0) is 0 Å². The molecular weight excluding hydrogens is 481 g/mol. The molecule has 146 valence electrons. The van der Waals surface area contributed by atoms with E-state index in [0.717, 1.165) is 6.54 Å². The molecular formula is C23H30Br2NP. The summed E-state index contributed by atoms with van der Waals surface area (Å²) in [6, 6.07) is 33.5. The van der Waals surface area contributed by atoms with Gasteiger partial charge in [-0.3, -0.25) is 0 Å². The van der Waals surface area contributed by atoms with Crippen molar-refractivity contribution in [3.05, 3.63) is 91.0 Å². The average Bonchev–Trinajstić information content (AvgIpc) is 2.67. The third-order valence-electron chi connectivity index (χ3n) is 4.96. The summed E-state index contributed by atoms with van der Waals surface area (Å²) in [5.41, 5.74) is 0. The van der Waals surface area contributed by atoms with Crippen molar-refractivity contribution in [1.29, 1.82) is 0 Å². The molecule has 0 fully saturated rings. The Labute approximate surface area is 185 Å². The zero-order valence-electron chi connectivity index (χ0n) is 16.0. The molecule has 0 saturated heterocycles. The van der Waals surface area contributed by atoms with Crippen molar-refractivity contribution in [2.24, 2.45) is 0 Å². The monoisotopic (exact) mass is 509 g/mol. The van der Waals surface area contributed by atoms with Gasteiger partial charge >= 0.3 is 152 Å². The molecule has 3 aromatic carbocycles. The second kappa shape index (κ2) is 11.8. The van der Waals surface area contributed by atoms with Crippen LogP contribution in [0.5, 0.6) is 0 Å². The van der Waals surface area contributed by atoms with Gasteiger partial charge < -0.3 is 0 Å². The van der Waals surface area contributed by atoms with E-state index >= 15 is 0 Å². The summed E-state index contributed by atoms with van der Waals surface area (Å²) in [5, 5.41) is 4.52. The topological polar surface area (TPSA) is 3.24 Å². The number of benzene rings is 3. The summed E-state index contributed by atoms with van der Waals surface area (Å²) in [6.07, 6.45) is 2.43. The molecule has 0 aliphatic rings. The number of nitrogens with zero attached hydrogens (tertiary/aromatic N) is 1. The summed E-state index contributed by atoms with van der Waals surface area (Å²) in [5.74, 6) is 0. The molecule has 3 rings (SSSR count). The van der Waals surface area contributed by atoms with Crippen molar-refractivity contribution in [3.8, 4) is 0 Å². The number of hydrogen-bond donors (Lipinski definition) is 0. The summed E-state index contributed by atoms with van der Waals surface area (Å²) in [6.45, 7) is 1.13. The van der Waals surface area contributed by atoms with Gasteiger partial charge in [-0.05, 0) is 0 Å². The van der Waals surface area contributed by atoms with Gasteiger partial charge in [0.1, 0.15) is 0 Å². The van der Waals surface area contributed by atoms with Gasteiger partial charge in [-0.15, -0.1) is 34.0 Å². The molecule has 0 unspecified atom stereocenters. The molecule has 0 saturated carbocycles. The van der Waals surface area contributed by atoms with E-state index in [1.165, 1.54) is 28.5 Å². The molecule has 0 aliphatic carbocycles. The van der Waals surface area contributed by atoms with Crippen molar-refractivity contribution in [3.63, 3.8) is 0 Å². The van der Waals surface area contributed by atoms with E-state index in [4.69, 9.17) is 0 Å². The standard InChI is InChI=1S/C23H28NP.2BrH/c1-24(2)19-12-20-25(21-13-6-3-7-14-21,22-15-8-4-9-16-22)23-17-10-5-11-18-23;;/h3-11,13-18,25H,12,19-20H2,1-2H3;2*1H. The van der Waals surface area contributed by atoms with Crippen molar-refractivity contribution in [2.75, 3.05) is 26.8 Å². The first-order valence-electron chi connectivity index (χ1n) is 9.05. The second-order valence-corrected chi connectivity index (χ2v) is 11.0. The van der Waals surface area contributed by atoms with Gasteiger partial charge in [-0.25, -0.2) is 0 Å². The fraction of sp³-hybridized carbons (Fsp3) is 0.217. The minimum absolute atomic E-state index is 0. The summed E-state index contributed by atoms with van der Waals surface area (Å²) >= 11 is 0. The van der Waals surface area contributed by atoms with Gasteiger partial charge in [0.25, 0.3) is 0 Å². The van der Waals surface area contributed by atoms with Crippen LogP contribution in [0.1, 0.15) is 6.42 Å². The normalized spacial score (nSPS) is 11.4. The van der Waals surface area contributed by atoms with Crippen LogP contribution in [0.2, 0.25) is 0 Å². The van der Waals surface area contributed by atoms with E-state index in [1.54, 1.807) is 0 Å². The SMILES string of the molecule is Br.Br.CN(C)CCC[PH](c1ccccc1)(c1ccccc1)c1ccccc1. The molecule has 0 aromatic heterocycles. The fourth-order valence-corrected chi connectivity index (χ4v) is 8.60. The van der Waals surface area contributed by atoms with Crippen molar-refractivity contribution in [2.45, 2.75) is 6.42 Å². The van der Waals surface area contributed by atoms with Crippen LogP contribution in [0, 0.1) is 0 Å². The van der Waals surface area contributed by atoms with Gasteiger partial charge in [0, 0.05) is 0 Å². The van der Waals surface area contributed by atoms with Crippen molar-refractivity contribution < 1.29 is 0 Å². The molecule has 0 spiro atoms. The Morgan fingerprint density at radius 1 is 0.593 bits per heavy atom. The molecule has 0 aliphatic heterocycles. The van der Waals surface area contributed by atoms with E-state index in [9.17, 15) is 0 Å². The van der Waals surface area contributed by atoms with Gasteiger partial charge in [0.15, 0.2) is 0 Å². The Morgan fingerprint density at radius 3 is 1.22 bits per heavy atom. The summed E-state index contributed by atoms with van der Waals surface area (Å²) in [4.78, 5) is 2.29. The predicted octanol–water partition coefficient (Wildman–Crippen LogP) is 4.82. The zero-order chi connectivity index (χ0) is 17.5. The van der Waals surface area contributed by atoms with E-state index in [1.807, 2.05) is 0 Å². The Kier molecular flexibility index (Phi) is 10.5. The molecule has 27 heavy (non-hydrogen) atoms.